The van der Waals surface area contributed by atoms with Crippen molar-refractivity contribution in [3.8, 4) is 6.07 Å². The number of hydrogen-bond donors (Lipinski definition) is 1. The van der Waals surface area contributed by atoms with Gasteiger partial charge in [-0.3, -0.25) is 0 Å². The first-order valence-corrected chi connectivity index (χ1v) is 3.74. The van der Waals surface area contributed by atoms with Gasteiger partial charge in [0.2, 0.25) is 0 Å². The number of nitrogens with zero attached hydrogens (tertiary/aromatic N) is 1. The molecule has 0 atom stereocenters. The maximum atomic E-state index is 9.35. The second kappa shape index (κ2) is 2.38. The second-order valence-corrected chi connectivity index (χ2v) is 2.74. The van der Waals surface area contributed by atoms with E-state index in [9.17, 15) is 5.11 Å². The van der Waals surface area contributed by atoms with Crippen LogP contribution >= 0.6 is 0 Å². The van der Waals surface area contributed by atoms with E-state index in [4.69, 9.17) is 5.26 Å². The third kappa shape index (κ3) is 0.802. The molecule has 58 valence electrons. The highest BCUT2D eigenvalue weighted by atomic mass is 16.3. The average molecular weight is 157 g/mol. The van der Waals surface area contributed by atoms with Crippen molar-refractivity contribution in [3.63, 3.8) is 0 Å². The van der Waals surface area contributed by atoms with Gasteiger partial charge in [0.25, 0.3) is 0 Å². The van der Waals surface area contributed by atoms with E-state index in [2.05, 4.69) is 6.07 Å². The van der Waals surface area contributed by atoms with E-state index >= 15 is 0 Å². The fraction of sp³-hybridized carbons (Fsp3) is 0.100. The average Bonchev–Trinajstić information content (AvgIpc) is 2.48. The molecular formula is C10H7NO. The summed E-state index contributed by atoms with van der Waals surface area (Å²) in [4.78, 5) is 0. The molecule has 2 heteroatoms. The molecule has 2 nitrogen and oxygen atoms in total. The van der Waals surface area contributed by atoms with Crippen molar-refractivity contribution in [2.75, 3.05) is 0 Å². The molecule has 12 heavy (non-hydrogen) atoms. The third-order valence-electron chi connectivity index (χ3n) is 2.07. The summed E-state index contributed by atoms with van der Waals surface area (Å²) < 4.78 is 0. The lowest BCUT2D eigenvalue weighted by atomic mass is 10.0. The summed E-state index contributed by atoms with van der Waals surface area (Å²) in [7, 11) is 0. The normalized spacial score (nSPS) is 13.4. The molecule has 1 aliphatic carbocycles. The van der Waals surface area contributed by atoms with Gasteiger partial charge in [-0.05, 0) is 24.1 Å². The number of fused-ring (bicyclic) bond motifs is 1. The lowest BCUT2D eigenvalue weighted by molar-refractivity contribution is 0.513. The molecule has 1 N–H and O–H groups in total. The Morgan fingerprint density at radius 3 is 3.00 bits per heavy atom. The van der Waals surface area contributed by atoms with Crippen molar-refractivity contribution in [1.82, 2.24) is 0 Å². The molecule has 0 aromatic heterocycles. The lowest BCUT2D eigenvalue weighted by Gasteiger charge is -2.00. The molecule has 1 aliphatic rings. The highest BCUT2D eigenvalue weighted by molar-refractivity contribution is 5.69. The number of benzene rings is 1. The molecule has 0 spiro atoms. The molecule has 0 amide bonds. The van der Waals surface area contributed by atoms with Crippen LogP contribution in [0.4, 0.5) is 0 Å². The quantitative estimate of drug-likeness (QED) is 0.626. The van der Waals surface area contributed by atoms with Crippen molar-refractivity contribution in [2.45, 2.75) is 6.42 Å². The molecule has 2 rings (SSSR count). The monoisotopic (exact) mass is 157 g/mol. The zero-order valence-electron chi connectivity index (χ0n) is 6.41. The summed E-state index contributed by atoms with van der Waals surface area (Å²) in [6.45, 7) is 0. The van der Waals surface area contributed by atoms with Gasteiger partial charge in [-0.25, -0.2) is 0 Å². The number of rotatable bonds is 0. The van der Waals surface area contributed by atoms with Gasteiger partial charge < -0.3 is 5.11 Å². The van der Waals surface area contributed by atoms with Crippen molar-refractivity contribution in [2.24, 2.45) is 0 Å². The molecule has 0 aliphatic heterocycles. The number of hydrogen-bond acceptors (Lipinski definition) is 2. The van der Waals surface area contributed by atoms with Crippen LogP contribution in [0, 0.1) is 11.3 Å². The maximum Gasteiger partial charge on any atom is 0.119 e. The van der Waals surface area contributed by atoms with Crippen LogP contribution in [0.2, 0.25) is 0 Å². The molecule has 0 radical (unpaired) electrons. The van der Waals surface area contributed by atoms with Crippen LogP contribution in [-0.4, -0.2) is 5.11 Å². The van der Waals surface area contributed by atoms with Crippen LogP contribution in [0.3, 0.4) is 0 Å². The van der Waals surface area contributed by atoms with Crippen LogP contribution < -0.4 is 0 Å². The van der Waals surface area contributed by atoms with Crippen molar-refractivity contribution < 1.29 is 5.11 Å². The fourth-order valence-corrected chi connectivity index (χ4v) is 1.46. The molecule has 0 saturated heterocycles. The van der Waals surface area contributed by atoms with Crippen LogP contribution in [0.25, 0.3) is 5.76 Å². The Balaban J connectivity index is 2.66. The minimum absolute atomic E-state index is 0.294. The predicted molar refractivity (Wildman–Crippen MR) is 45.5 cm³/mol. The first kappa shape index (κ1) is 6.93. The molecule has 1 aromatic carbocycles. The van der Waals surface area contributed by atoms with Crippen LogP contribution in [0.15, 0.2) is 24.3 Å². The summed E-state index contributed by atoms with van der Waals surface area (Å²) in [5.41, 5.74) is 2.40. The largest absolute Gasteiger partial charge is 0.508 e. The Labute approximate surface area is 70.4 Å². The summed E-state index contributed by atoms with van der Waals surface area (Å²) in [6, 6.07) is 7.49. The standard InChI is InChI=1S/C10H7NO/c11-6-7-2-1-3-9-8(7)4-5-10(9)12/h1-3,5,12H,4H2. The zero-order chi connectivity index (χ0) is 8.55. The van der Waals surface area contributed by atoms with E-state index in [1.807, 2.05) is 6.07 Å². The minimum Gasteiger partial charge on any atom is -0.508 e. The number of nitriles is 1. The highest BCUT2D eigenvalue weighted by Gasteiger charge is 2.15. The second-order valence-electron chi connectivity index (χ2n) is 2.74. The topological polar surface area (TPSA) is 44.0 Å². The van der Waals surface area contributed by atoms with Gasteiger partial charge >= 0.3 is 0 Å². The van der Waals surface area contributed by atoms with Crippen molar-refractivity contribution in [3.05, 3.63) is 41.0 Å². The van der Waals surface area contributed by atoms with Gasteiger partial charge in [-0.15, -0.1) is 0 Å². The van der Waals surface area contributed by atoms with Gasteiger partial charge in [0, 0.05) is 5.56 Å². The minimum atomic E-state index is 0.294. The Kier molecular flexibility index (Phi) is 1.38. The molecule has 0 fully saturated rings. The summed E-state index contributed by atoms with van der Waals surface area (Å²) in [5.74, 6) is 0.294. The van der Waals surface area contributed by atoms with E-state index in [-0.39, 0.29) is 0 Å². The van der Waals surface area contributed by atoms with Crippen molar-refractivity contribution >= 4 is 5.76 Å². The Morgan fingerprint density at radius 2 is 2.25 bits per heavy atom. The Bertz CT molecular complexity index is 399. The smallest absolute Gasteiger partial charge is 0.119 e. The highest BCUT2D eigenvalue weighted by Crippen LogP contribution is 2.27. The van der Waals surface area contributed by atoms with Gasteiger partial charge in [0.05, 0.1) is 11.6 Å². The summed E-state index contributed by atoms with van der Waals surface area (Å²) in [5, 5.41) is 18.1. The van der Waals surface area contributed by atoms with Crippen molar-refractivity contribution in [1.29, 1.82) is 5.26 Å². The Hall–Kier alpha value is -1.75. The maximum absolute atomic E-state index is 9.35. The zero-order valence-corrected chi connectivity index (χ0v) is 6.41. The lowest BCUT2D eigenvalue weighted by Crippen LogP contribution is -1.88. The summed E-state index contributed by atoms with van der Waals surface area (Å²) in [6.07, 6.45) is 2.40. The first-order valence-electron chi connectivity index (χ1n) is 3.74. The number of aliphatic hydroxyl groups excluding tert-OH is 1. The SMILES string of the molecule is N#Cc1cccc2c1CC=C2O. The van der Waals surface area contributed by atoms with Gasteiger partial charge in [-0.1, -0.05) is 12.1 Å². The fourth-order valence-electron chi connectivity index (χ4n) is 1.46. The van der Waals surface area contributed by atoms with Gasteiger partial charge in [-0.2, -0.15) is 5.26 Å². The number of aliphatic hydroxyl groups is 1. The first-order chi connectivity index (χ1) is 5.83. The van der Waals surface area contributed by atoms with E-state index in [1.165, 1.54) is 0 Å². The molecule has 0 heterocycles. The van der Waals surface area contributed by atoms with Gasteiger partial charge in [0.1, 0.15) is 5.76 Å². The molecular weight excluding hydrogens is 150 g/mol. The van der Waals surface area contributed by atoms with Gasteiger partial charge in [0.15, 0.2) is 0 Å². The Morgan fingerprint density at radius 1 is 1.42 bits per heavy atom. The molecule has 0 saturated carbocycles. The third-order valence-corrected chi connectivity index (χ3v) is 2.07. The number of allylic oxidation sites excluding steroid dienone is 1. The summed E-state index contributed by atoms with van der Waals surface area (Å²) >= 11 is 0. The molecule has 0 bridgehead atoms. The van der Waals surface area contributed by atoms with E-state index in [0.29, 0.717) is 17.7 Å². The van der Waals surface area contributed by atoms with Crippen LogP contribution in [0.1, 0.15) is 16.7 Å². The van der Waals surface area contributed by atoms with Crippen LogP contribution in [0.5, 0.6) is 0 Å². The molecule has 1 aromatic rings. The van der Waals surface area contributed by atoms with E-state index in [1.54, 1.807) is 18.2 Å². The van der Waals surface area contributed by atoms with E-state index in [0.717, 1.165) is 11.1 Å². The van der Waals surface area contributed by atoms with Crippen LogP contribution in [-0.2, 0) is 6.42 Å². The molecule has 0 unspecified atom stereocenters. The predicted octanol–water partition coefficient (Wildman–Crippen LogP) is 2.01. The van der Waals surface area contributed by atoms with E-state index < -0.39 is 0 Å².